The summed E-state index contributed by atoms with van der Waals surface area (Å²) in [6, 6.07) is 2.56. The van der Waals surface area contributed by atoms with Crippen molar-refractivity contribution in [3.63, 3.8) is 0 Å². The second-order valence-electron chi connectivity index (χ2n) is 7.74. The van der Waals surface area contributed by atoms with Crippen molar-refractivity contribution < 1.29 is 4.79 Å². The summed E-state index contributed by atoms with van der Waals surface area (Å²) in [6.45, 7) is 6.34. The lowest BCUT2D eigenvalue weighted by atomic mass is 9.89. The van der Waals surface area contributed by atoms with Gasteiger partial charge in [0.05, 0.1) is 0 Å². The number of aromatic nitrogens is 3. The van der Waals surface area contributed by atoms with Crippen molar-refractivity contribution in [2.45, 2.75) is 45.3 Å². The van der Waals surface area contributed by atoms with Crippen molar-refractivity contribution in [3.05, 3.63) is 33.5 Å². The number of hydrogen-bond donors (Lipinski definition) is 1. The lowest BCUT2D eigenvalue weighted by molar-refractivity contribution is 0.0932. The zero-order chi connectivity index (χ0) is 17.0. The molecule has 0 bridgehead atoms. The summed E-state index contributed by atoms with van der Waals surface area (Å²) in [4.78, 5) is 16.4. The summed E-state index contributed by atoms with van der Waals surface area (Å²) in [5.74, 6) is 2.67. The Morgan fingerprint density at radius 3 is 2.88 bits per heavy atom. The molecular formula is C18H23N5OS. The molecule has 4 heterocycles. The highest BCUT2D eigenvalue weighted by atomic mass is 32.1. The van der Waals surface area contributed by atoms with Crippen LogP contribution in [0.1, 0.15) is 39.7 Å². The van der Waals surface area contributed by atoms with Gasteiger partial charge in [-0.2, -0.15) is 0 Å². The van der Waals surface area contributed by atoms with Crippen molar-refractivity contribution in [1.29, 1.82) is 0 Å². The molecule has 0 unspecified atom stereocenters. The number of nitrogens with one attached hydrogen (secondary N) is 1. The van der Waals surface area contributed by atoms with Gasteiger partial charge in [-0.3, -0.25) is 9.69 Å². The summed E-state index contributed by atoms with van der Waals surface area (Å²) < 4.78 is 2.07. The van der Waals surface area contributed by atoms with Crippen molar-refractivity contribution >= 4 is 17.2 Å². The molecular weight excluding hydrogens is 334 g/mol. The van der Waals surface area contributed by atoms with Crippen LogP contribution < -0.4 is 5.32 Å². The van der Waals surface area contributed by atoms with Gasteiger partial charge >= 0.3 is 0 Å². The summed E-state index contributed by atoms with van der Waals surface area (Å²) in [5.41, 5.74) is 1.40. The fraction of sp³-hybridized carbons (Fsp3) is 0.611. The predicted molar refractivity (Wildman–Crippen MR) is 95.5 cm³/mol. The molecule has 132 valence electrons. The van der Waals surface area contributed by atoms with Crippen LogP contribution in [0.4, 0.5) is 0 Å². The first kappa shape index (κ1) is 15.5. The molecule has 1 amide bonds. The Labute approximate surface area is 151 Å². The van der Waals surface area contributed by atoms with E-state index in [4.69, 9.17) is 0 Å². The topological polar surface area (TPSA) is 63.1 Å². The molecule has 5 rings (SSSR count). The highest BCUT2D eigenvalue weighted by molar-refractivity contribution is 7.10. The minimum atomic E-state index is -0.0521. The third-order valence-electron chi connectivity index (χ3n) is 5.79. The Balaban J connectivity index is 1.29. The number of carbonyl (C=O) groups is 1. The first-order valence-electron chi connectivity index (χ1n) is 9.15. The zero-order valence-corrected chi connectivity index (χ0v) is 15.3. The molecule has 1 aliphatic carbocycles. The molecule has 7 heteroatoms. The molecule has 1 saturated carbocycles. The first-order valence-corrected chi connectivity index (χ1v) is 10.0. The van der Waals surface area contributed by atoms with Gasteiger partial charge in [-0.15, -0.1) is 21.5 Å². The number of fused-ring (bicyclic) bond motifs is 2. The van der Waals surface area contributed by atoms with Crippen LogP contribution in [-0.4, -0.2) is 44.7 Å². The number of hydrogen-bond acceptors (Lipinski definition) is 5. The quantitative estimate of drug-likeness (QED) is 0.907. The van der Waals surface area contributed by atoms with E-state index in [1.165, 1.54) is 10.4 Å². The van der Waals surface area contributed by atoms with Crippen LogP contribution in [0.25, 0.3) is 0 Å². The van der Waals surface area contributed by atoms with Crippen LogP contribution in [-0.2, 0) is 19.5 Å². The zero-order valence-electron chi connectivity index (χ0n) is 14.4. The van der Waals surface area contributed by atoms with Crippen LogP contribution in [0.2, 0.25) is 0 Å². The summed E-state index contributed by atoms with van der Waals surface area (Å²) in [5, 5.41) is 13.7. The van der Waals surface area contributed by atoms with Crippen LogP contribution in [0.3, 0.4) is 0 Å². The molecule has 2 aromatic heterocycles. The van der Waals surface area contributed by atoms with Crippen molar-refractivity contribution in [1.82, 2.24) is 25.0 Å². The van der Waals surface area contributed by atoms with Crippen molar-refractivity contribution in [2.24, 2.45) is 11.8 Å². The smallest absolute Gasteiger partial charge is 0.289 e. The van der Waals surface area contributed by atoms with E-state index >= 15 is 0 Å². The minimum Gasteiger partial charge on any atom is -0.347 e. The number of carbonyl (C=O) groups excluding carboxylic acids is 1. The Morgan fingerprint density at radius 2 is 2.12 bits per heavy atom. The predicted octanol–water partition coefficient (Wildman–Crippen LogP) is 1.84. The number of nitrogens with zero attached hydrogens (tertiary/aromatic N) is 4. The Kier molecular flexibility index (Phi) is 3.67. The van der Waals surface area contributed by atoms with E-state index in [2.05, 4.69) is 43.4 Å². The molecule has 2 atom stereocenters. The third kappa shape index (κ3) is 2.89. The van der Waals surface area contributed by atoms with E-state index in [0.29, 0.717) is 23.7 Å². The monoisotopic (exact) mass is 357 g/mol. The molecule has 6 nitrogen and oxygen atoms in total. The normalized spacial score (nSPS) is 25.6. The number of likely N-dealkylation sites (tertiary alicyclic amines) is 1. The third-order valence-corrected chi connectivity index (χ3v) is 6.80. The SMILES string of the molecule is Cc1ccsc1CN1C[C@@H]2Cc3nnc(C(=O)NC4CC4)n3C[C@@H]2C1. The molecule has 2 aliphatic heterocycles. The van der Waals surface area contributed by atoms with Crippen LogP contribution in [0.15, 0.2) is 11.4 Å². The van der Waals surface area contributed by atoms with Crippen LogP contribution in [0.5, 0.6) is 0 Å². The number of thiophene rings is 1. The van der Waals surface area contributed by atoms with Gasteiger partial charge in [0, 0.05) is 43.5 Å². The molecule has 2 fully saturated rings. The lowest BCUT2D eigenvalue weighted by Crippen LogP contribution is -2.33. The minimum absolute atomic E-state index is 0.0521. The second kappa shape index (κ2) is 5.92. The Morgan fingerprint density at radius 1 is 1.28 bits per heavy atom. The molecule has 0 radical (unpaired) electrons. The second-order valence-corrected chi connectivity index (χ2v) is 8.74. The van der Waals surface area contributed by atoms with E-state index in [-0.39, 0.29) is 5.91 Å². The number of amides is 1. The molecule has 0 aromatic carbocycles. The van der Waals surface area contributed by atoms with E-state index in [9.17, 15) is 4.79 Å². The number of rotatable bonds is 4. The highest BCUT2D eigenvalue weighted by Gasteiger charge is 2.39. The maximum atomic E-state index is 12.4. The van der Waals surface area contributed by atoms with E-state index < -0.39 is 0 Å². The summed E-state index contributed by atoms with van der Waals surface area (Å²) in [6.07, 6.45) is 3.12. The maximum absolute atomic E-state index is 12.4. The average Bonchev–Trinajstić information content (AvgIpc) is 2.99. The average molecular weight is 357 g/mol. The van der Waals surface area contributed by atoms with Gasteiger partial charge in [0.15, 0.2) is 0 Å². The van der Waals surface area contributed by atoms with Crippen LogP contribution in [0, 0.1) is 18.8 Å². The van der Waals surface area contributed by atoms with Gasteiger partial charge in [-0.25, -0.2) is 0 Å². The van der Waals surface area contributed by atoms with Gasteiger partial charge in [0.25, 0.3) is 5.91 Å². The molecule has 0 spiro atoms. The fourth-order valence-corrected chi connectivity index (χ4v) is 5.11. The van der Waals surface area contributed by atoms with E-state index in [1.807, 2.05) is 11.3 Å². The van der Waals surface area contributed by atoms with Gasteiger partial charge in [0.2, 0.25) is 5.82 Å². The Hall–Kier alpha value is -1.73. The van der Waals surface area contributed by atoms with Crippen molar-refractivity contribution in [2.75, 3.05) is 13.1 Å². The summed E-state index contributed by atoms with van der Waals surface area (Å²) >= 11 is 1.85. The molecule has 1 saturated heterocycles. The number of aryl methyl sites for hydroxylation is 1. The lowest BCUT2D eigenvalue weighted by Gasteiger charge is -2.25. The van der Waals surface area contributed by atoms with Gasteiger partial charge < -0.3 is 9.88 Å². The maximum Gasteiger partial charge on any atom is 0.289 e. The van der Waals surface area contributed by atoms with Crippen LogP contribution >= 0.6 is 11.3 Å². The van der Waals surface area contributed by atoms with Crippen molar-refractivity contribution in [3.8, 4) is 0 Å². The largest absolute Gasteiger partial charge is 0.347 e. The Bertz CT molecular complexity index is 808. The molecule has 25 heavy (non-hydrogen) atoms. The standard InChI is InChI=1S/C18H23N5OS/c1-11-4-5-25-15(11)10-22-7-12-6-16-20-21-17(18(24)19-14-2-3-14)23(16)9-13(12)8-22/h4-5,12-14H,2-3,6-10H2,1H3,(H,19,24)/t12-,13-/m0/s1. The van der Waals surface area contributed by atoms with E-state index in [1.54, 1.807) is 0 Å². The van der Waals surface area contributed by atoms with Gasteiger partial charge in [-0.1, -0.05) is 0 Å². The van der Waals surface area contributed by atoms with Gasteiger partial charge in [0.1, 0.15) is 5.82 Å². The molecule has 2 aromatic rings. The first-order chi connectivity index (χ1) is 12.2. The summed E-state index contributed by atoms with van der Waals surface area (Å²) in [7, 11) is 0. The molecule has 1 N–H and O–H groups in total. The van der Waals surface area contributed by atoms with E-state index in [0.717, 1.165) is 51.3 Å². The molecule has 3 aliphatic rings. The fourth-order valence-electron chi connectivity index (χ4n) is 4.17. The highest BCUT2D eigenvalue weighted by Crippen LogP contribution is 2.34. The van der Waals surface area contributed by atoms with Gasteiger partial charge in [-0.05, 0) is 48.6 Å².